The van der Waals surface area contributed by atoms with E-state index in [9.17, 15) is 14.7 Å². The first-order valence-electron chi connectivity index (χ1n) is 6.50. The van der Waals surface area contributed by atoms with E-state index in [2.05, 4.69) is 10.9 Å². The lowest BCUT2D eigenvalue weighted by atomic mass is 10.1. The van der Waals surface area contributed by atoms with Crippen molar-refractivity contribution >= 4 is 22.6 Å². The van der Waals surface area contributed by atoms with E-state index in [0.717, 1.165) is 10.8 Å². The van der Waals surface area contributed by atoms with Gasteiger partial charge in [0.15, 0.2) is 0 Å². The number of carbonyl (C=O) groups is 2. The van der Waals surface area contributed by atoms with Gasteiger partial charge in [0.05, 0.1) is 17.4 Å². The third-order valence-corrected chi connectivity index (χ3v) is 3.18. The van der Waals surface area contributed by atoms with Crippen LogP contribution in [0, 0.1) is 0 Å². The zero-order valence-electron chi connectivity index (χ0n) is 11.4. The van der Waals surface area contributed by atoms with Crippen LogP contribution in [0.1, 0.15) is 20.7 Å². The summed E-state index contributed by atoms with van der Waals surface area (Å²) in [4.78, 5) is 23.8. The van der Waals surface area contributed by atoms with Crippen LogP contribution in [0.25, 0.3) is 10.8 Å². The van der Waals surface area contributed by atoms with Crippen LogP contribution in [0.4, 0.5) is 0 Å². The lowest BCUT2D eigenvalue weighted by Crippen LogP contribution is -2.41. The predicted molar refractivity (Wildman–Crippen MR) is 79.3 cm³/mol. The number of phenols is 1. The summed E-state index contributed by atoms with van der Waals surface area (Å²) >= 11 is 0. The van der Waals surface area contributed by atoms with Gasteiger partial charge in [-0.25, -0.2) is 0 Å². The summed E-state index contributed by atoms with van der Waals surface area (Å²) in [6.07, 6.45) is 2.61. The van der Waals surface area contributed by atoms with Gasteiger partial charge in [0.1, 0.15) is 12.0 Å². The highest BCUT2D eigenvalue weighted by Gasteiger charge is 2.14. The number of benzene rings is 2. The summed E-state index contributed by atoms with van der Waals surface area (Å²) in [6.45, 7) is 0. The number of phenolic OH excluding ortho intramolecular Hbond substituents is 1. The van der Waals surface area contributed by atoms with Crippen LogP contribution in [0.3, 0.4) is 0 Å². The summed E-state index contributed by atoms with van der Waals surface area (Å²) in [7, 11) is 0. The van der Waals surface area contributed by atoms with Crippen molar-refractivity contribution in [1.82, 2.24) is 10.9 Å². The first-order valence-corrected chi connectivity index (χ1v) is 6.50. The molecule has 0 saturated carbocycles. The fourth-order valence-electron chi connectivity index (χ4n) is 2.06. The highest BCUT2D eigenvalue weighted by molar-refractivity contribution is 6.03. The number of rotatable bonds is 2. The number of amides is 2. The maximum absolute atomic E-state index is 12.1. The van der Waals surface area contributed by atoms with E-state index >= 15 is 0 Å². The van der Waals surface area contributed by atoms with E-state index in [1.165, 1.54) is 24.7 Å². The minimum atomic E-state index is -0.611. The monoisotopic (exact) mass is 296 g/mol. The topological polar surface area (TPSA) is 91.6 Å². The molecule has 0 bridgehead atoms. The Labute approximate surface area is 125 Å². The Morgan fingerprint density at radius 3 is 2.32 bits per heavy atom. The second kappa shape index (κ2) is 5.61. The van der Waals surface area contributed by atoms with Crippen molar-refractivity contribution < 1.29 is 19.1 Å². The average Bonchev–Trinajstić information content (AvgIpc) is 3.06. The molecule has 2 amide bonds. The molecular formula is C16H12N2O4. The first kappa shape index (κ1) is 13.7. The molecule has 1 heterocycles. The van der Waals surface area contributed by atoms with Crippen LogP contribution < -0.4 is 10.9 Å². The zero-order chi connectivity index (χ0) is 15.5. The number of hydrazine groups is 1. The van der Waals surface area contributed by atoms with E-state index in [4.69, 9.17) is 4.42 Å². The van der Waals surface area contributed by atoms with Crippen molar-refractivity contribution in [3.05, 3.63) is 66.1 Å². The standard InChI is InChI=1S/C16H12N2O4/c19-14-8-11-4-2-1-3-10(11)7-13(14)16(21)18-17-15(20)12-5-6-22-9-12/h1-9,19H,(H,17,20)(H,18,21). The molecule has 0 fully saturated rings. The van der Waals surface area contributed by atoms with E-state index in [1.54, 1.807) is 6.07 Å². The minimum Gasteiger partial charge on any atom is -0.507 e. The quantitative estimate of drug-likeness (QED) is 0.632. The number of hydrogen-bond donors (Lipinski definition) is 3. The van der Waals surface area contributed by atoms with Crippen molar-refractivity contribution in [2.75, 3.05) is 0 Å². The SMILES string of the molecule is O=C(NNC(=O)c1cc2ccccc2cc1O)c1ccoc1. The number of hydrogen-bond acceptors (Lipinski definition) is 4. The summed E-state index contributed by atoms with van der Waals surface area (Å²) in [5, 5.41) is 11.6. The molecule has 0 radical (unpaired) electrons. The number of nitrogens with one attached hydrogen (secondary N) is 2. The van der Waals surface area contributed by atoms with E-state index in [1.807, 2.05) is 24.3 Å². The van der Waals surface area contributed by atoms with Crippen LogP contribution in [0.15, 0.2) is 59.4 Å². The van der Waals surface area contributed by atoms with Crippen LogP contribution >= 0.6 is 0 Å². The van der Waals surface area contributed by atoms with Crippen LogP contribution in [0.2, 0.25) is 0 Å². The summed E-state index contributed by atoms with van der Waals surface area (Å²) < 4.78 is 4.78. The third kappa shape index (κ3) is 2.62. The van der Waals surface area contributed by atoms with Gasteiger partial charge in [-0.2, -0.15) is 0 Å². The zero-order valence-corrected chi connectivity index (χ0v) is 11.4. The molecule has 22 heavy (non-hydrogen) atoms. The predicted octanol–water partition coefficient (Wildman–Crippen LogP) is 2.21. The molecule has 0 aliphatic carbocycles. The molecule has 110 valence electrons. The Bertz CT molecular complexity index is 840. The van der Waals surface area contributed by atoms with E-state index in [0.29, 0.717) is 0 Å². The molecule has 3 rings (SSSR count). The van der Waals surface area contributed by atoms with Crippen molar-refractivity contribution in [3.8, 4) is 5.75 Å². The summed E-state index contributed by atoms with van der Waals surface area (Å²) in [5.41, 5.74) is 4.86. The normalized spacial score (nSPS) is 10.4. The van der Waals surface area contributed by atoms with Crippen molar-refractivity contribution in [2.24, 2.45) is 0 Å². The Morgan fingerprint density at radius 2 is 1.64 bits per heavy atom. The van der Waals surface area contributed by atoms with Crippen LogP contribution in [0.5, 0.6) is 5.75 Å². The molecule has 3 N–H and O–H groups in total. The van der Waals surface area contributed by atoms with Gasteiger partial charge in [-0.1, -0.05) is 24.3 Å². The lowest BCUT2D eigenvalue weighted by Gasteiger charge is -2.09. The van der Waals surface area contributed by atoms with Crippen molar-refractivity contribution in [2.45, 2.75) is 0 Å². The summed E-state index contributed by atoms with van der Waals surface area (Å²) in [5.74, 6) is -1.28. The second-order valence-corrected chi connectivity index (χ2v) is 4.64. The Hall–Kier alpha value is -3.28. The minimum absolute atomic E-state index is 0.0752. The molecule has 0 spiro atoms. The second-order valence-electron chi connectivity index (χ2n) is 4.64. The van der Waals surface area contributed by atoms with Crippen molar-refractivity contribution in [1.29, 1.82) is 0 Å². The van der Waals surface area contributed by atoms with Gasteiger partial charge in [-0.3, -0.25) is 20.4 Å². The molecule has 6 heteroatoms. The molecule has 0 atom stereocenters. The Kier molecular flexibility index (Phi) is 3.49. The van der Waals surface area contributed by atoms with Gasteiger partial charge in [-0.05, 0) is 29.0 Å². The summed E-state index contributed by atoms with van der Waals surface area (Å²) in [6, 6.07) is 11.9. The molecule has 0 unspecified atom stereocenters. The molecule has 6 nitrogen and oxygen atoms in total. The van der Waals surface area contributed by atoms with Gasteiger partial charge >= 0.3 is 0 Å². The number of furan rings is 1. The fraction of sp³-hybridized carbons (Fsp3) is 0. The molecule has 0 aliphatic heterocycles. The van der Waals surface area contributed by atoms with Gasteiger partial charge < -0.3 is 9.52 Å². The number of carbonyl (C=O) groups excluding carboxylic acids is 2. The molecule has 0 saturated heterocycles. The molecule has 0 aliphatic rings. The molecule has 2 aromatic carbocycles. The van der Waals surface area contributed by atoms with Gasteiger partial charge in [0.25, 0.3) is 11.8 Å². The third-order valence-electron chi connectivity index (χ3n) is 3.18. The van der Waals surface area contributed by atoms with E-state index in [-0.39, 0.29) is 16.9 Å². The molecule has 1 aromatic heterocycles. The largest absolute Gasteiger partial charge is 0.507 e. The maximum Gasteiger partial charge on any atom is 0.273 e. The smallest absolute Gasteiger partial charge is 0.273 e. The van der Waals surface area contributed by atoms with E-state index < -0.39 is 11.8 Å². The number of aromatic hydroxyl groups is 1. The Balaban J connectivity index is 1.77. The van der Waals surface area contributed by atoms with Gasteiger partial charge in [0.2, 0.25) is 0 Å². The van der Waals surface area contributed by atoms with Gasteiger partial charge in [0, 0.05) is 0 Å². The highest BCUT2D eigenvalue weighted by Crippen LogP contribution is 2.24. The number of fused-ring (bicyclic) bond motifs is 1. The van der Waals surface area contributed by atoms with Crippen LogP contribution in [-0.4, -0.2) is 16.9 Å². The fourth-order valence-corrected chi connectivity index (χ4v) is 2.06. The van der Waals surface area contributed by atoms with Crippen LogP contribution in [-0.2, 0) is 0 Å². The lowest BCUT2D eigenvalue weighted by molar-refractivity contribution is 0.0844. The van der Waals surface area contributed by atoms with Gasteiger partial charge in [-0.15, -0.1) is 0 Å². The maximum atomic E-state index is 12.1. The van der Waals surface area contributed by atoms with Crippen molar-refractivity contribution in [3.63, 3.8) is 0 Å². The average molecular weight is 296 g/mol. The Morgan fingerprint density at radius 1 is 0.955 bits per heavy atom. The highest BCUT2D eigenvalue weighted by atomic mass is 16.3. The molecular weight excluding hydrogens is 284 g/mol. The first-order chi connectivity index (χ1) is 10.6. The molecule has 3 aromatic rings.